The molecule has 1 rings (SSSR count). The van der Waals surface area contributed by atoms with Gasteiger partial charge in [-0.15, -0.1) is 0 Å². The van der Waals surface area contributed by atoms with Crippen LogP contribution in [0.4, 0.5) is 10.5 Å². The Morgan fingerprint density at radius 2 is 2.06 bits per heavy atom. The van der Waals surface area contributed by atoms with Crippen LogP contribution in [-0.2, 0) is 0 Å². The molecule has 0 unspecified atom stereocenters. The normalized spacial score (nSPS) is 10.0. The number of amides is 2. The second-order valence-electron chi connectivity index (χ2n) is 3.70. The number of carbonyl (C=O) groups is 1. The number of ether oxygens (including phenoxy) is 1. The summed E-state index contributed by atoms with van der Waals surface area (Å²) in [7, 11) is 1.58. The summed E-state index contributed by atoms with van der Waals surface area (Å²) >= 11 is 6.77. The van der Waals surface area contributed by atoms with E-state index in [4.69, 9.17) is 4.74 Å². The van der Waals surface area contributed by atoms with Gasteiger partial charge in [0.1, 0.15) is 5.75 Å². The fourth-order valence-electron chi connectivity index (χ4n) is 1.33. The zero-order valence-electron chi connectivity index (χ0n) is 10.3. The van der Waals surface area contributed by atoms with E-state index in [9.17, 15) is 4.79 Å². The Kier molecular flexibility index (Phi) is 6.49. The summed E-state index contributed by atoms with van der Waals surface area (Å²) in [4.78, 5) is 11.6. The van der Waals surface area contributed by atoms with Crippen LogP contribution in [0.3, 0.4) is 0 Å². The van der Waals surface area contributed by atoms with Gasteiger partial charge in [0.15, 0.2) is 0 Å². The smallest absolute Gasteiger partial charge is 0.319 e. The Morgan fingerprint density at radius 3 is 2.67 bits per heavy atom. The number of anilines is 1. The van der Waals surface area contributed by atoms with E-state index < -0.39 is 0 Å². The van der Waals surface area contributed by atoms with Crippen molar-refractivity contribution in [1.82, 2.24) is 5.32 Å². The van der Waals surface area contributed by atoms with Crippen LogP contribution >= 0.6 is 31.9 Å². The van der Waals surface area contributed by atoms with Gasteiger partial charge >= 0.3 is 6.03 Å². The maximum Gasteiger partial charge on any atom is 0.319 e. The number of carbonyl (C=O) groups excluding carboxylic acids is 1. The minimum atomic E-state index is -0.214. The Balaban J connectivity index is 2.69. The average Bonchev–Trinajstić information content (AvgIpc) is 2.33. The van der Waals surface area contributed by atoms with Gasteiger partial charge in [-0.1, -0.05) is 13.3 Å². The lowest BCUT2D eigenvalue weighted by Gasteiger charge is -2.11. The molecule has 6 heteroatoms. The van der Waals surface area contributed by atoms with Crippen molar-refractivity contribution in [3.05, 3.63) is 21.1 Å². The number of hydrogen-bond donors (Lipinski definition) is 2. The van der Waals surface area contributed by atoms with Gasteiger partial charge in [-0.2, -0.15) is 0 Å². The van der Waals surface area contributed by atoms with Crippen molar-refractivity contribution in [2.45, 2.75) is 19.8 Å². The quantitative estimate of drug-likeness (QED) is 0.755. The number of halogens is 2. The van der Waals surface area contributed by atoms with Crippen molar-refractivity contribution in [3.8, 4) is 5.75 Å². The molecule has 0 bridgehead atoms. The first-order valence-corrected chi connectivity index (χ1v) is 7.25. The lowest BCUT2D eigenvalue weighted by Crippen LogP contribution is -2.29. The van der Waals surface area contributed by atoms with E-state index >= 15 is 0 Å². The molecule has 0 spiro atoms. The molecule has 1 aromatic carbocycles. The van der Waals surface area contributed by atoms with Crippen LogP contribution in [-0.4, -0.2) is 19.7 Å². The molecule has 4 nitrogen and oxygen atoms in total. The van der Waals surface area contributed by atoms with Crippen LogP contribution in [0.2, 0.25) is 0 Å². The summed E-state index contributed by atoms with van der Waals surface area (Å²) in [6.45, 7) is 2.75. The molecule has 0 aliphatic carbocycles. The molecule has 0 atom stereocenters. The average molecular weight is 380 g/mol. The first-order chi connectivity index (χ1) is 8.58. The predicted octanol–water partition coefficient (Wildman–Crippen LogP) is 4.14. The summed E-state index contributed by atoms with van der Waals surface area (Å²) in [5.41, 5.74) is 0.670. The lowest BCUT2D eigenvalue weighted by atomic mass is 10.3. The summed E-state index contributed by atoms with van der Waals surface area (Å²) in [6.07, 6.45) is 2.02. The fraction of sp³-hybridized carbons (Fsp3) is 0.417. The highest BCUT2D eigenvalue weighted by atomic mass is 79.9. The number of unbranched alkanes of at least 4 members (excludes halogenated alkanes) is 1. The molecule has 0 aromatic heterocycles. The minimum absolute atomic E-state index is 0.214. The number of hydrogen-bond acceptors (Lipinski definition) is 2. The molecular weight excluding hydrogens is 364 g/mol. The molecule has 2 N–H and O–H groups in total. The molecule has 0 fully saturated rings. The largest absolute Gasteiger partial charge is 0.495 e. The molecule has 0 saturated heterocycles. The lowest BCUT2D eigenvalue weighted by molar-refractivity contribution is 0.252. The van der Waals surface area contributed by atoms with Gasteiger partial charge in [0.2, 0.25) is 0 Å². The number of rotatable bonds is 5. The summed E-state index contributed by atoms with van der Waals surface area (Å²) < 4.78 is 6.80. The molecule has 0 heterocycles. The van der Waals surface area contributed by atoms with E-state index in [-0.39, 0.29) is 6.03 Å². The SMILES string of the molecule is CCCCNC(=O)Nc1cc(OC)c(Br)cc1Br. The minimum Gasteiger partial charge on any atom is -0.495 e. The third kappa shape index (κ3) is 4.49. The molecule has 0 aliphatic heterocycles. The molecule has 0 radical (unpaired) electrons. The third-order valence-corrected chi connectivity index (χ3v) is 3.58. The zero-order valence-corrected chi connectivity index (χ0v) is 13.5. The molecule has 100 valence electrons. The van der Waals surface area contributed by atoms with Crippen molar-refractivity contribution < 1.29 is 9.53 Å². The van der Waals surface area contributed by atoms with Crippen LogP contribution in [0, 0.1) is 0 Å². The van der Waals surface area contributed by atoms with E-state index in [0.717, 1.165) is 21.8 Å². The van der Waals surface area contributed by atoms with Crippen LogP contribution in [0.15, 0.2) is 21.1 Å². The maximum atomic E-state index is 11.6. The van der Waals surface area contributed by atoms with Crippen LogP contribution in [0.25, 0.3) is 0 Å². The van der Waals surface area contributed by atoms with Crippen molar-refractivity contribution >= 4 is 43.6 Å². The van der Waals surface area contributed by atoms with Gasteiger partial charge in [0.25, 0.3) is 0 Å². The Bertz CT molecular complexity index is 425. The molecule has 0 aliphatic rings. The van der Waals surface area contributed by atoms with E-state index in [1.54, 1.807) is 13.2 Å². The van der Waals surface area contributed by atoms with Gasteiger partial charge < -0.3 is 15.4 Å². The fourth-order valence-corrected chi connectivity index (χ4v) is 2.58. The third-order valence-electron chi connectivity index (χ3n) is 2.31. The highest BCUT2D eigenvalue weighted by molar-refractivity contribution is 9.11. The van der Waals surface area contributed by atoms with Crippen molar-refractivity contribution in [1.29, 1.82) is 0 Å². The van der Waals surface area contributed by atoms with E-state index in [2.05, 4.69) is 49.4 Å². The zero-order chi connectivity index (χ0) is 13.5. The van der Waals surface area contributed by atoms with Crippen LogP contribution in [0.5, 0.6) is 5.75 Å². The summed E-state index contributed by atoms with van der Waals surface area (Å²) in [5.74, 6) is 0.669. The predicted molar refractivity (Wildman–Crippen MR) is 80.3 cm³/mol. The highest BCUT2D eigenvalue weighted by Crippen LogP contribution is 2.34. The van der Waals surface area contributed by atoms with Gasteiger partial charge in [-0.05, 0) is 44.3 Å². The van der Waals surface area contributed by atoms with Crippen LogP contribution in [0.1, 0.15) is 19.8 Å². The van der Waals surface area contributed by atoms with E-state index in [1.807, 2.05) is 6.07 Å². The van der Waals surface area contributed by atoms with Gasteiger partial charge in [0, 0.05) is 17.1 Å². The number of methoxy groups -OCH3 is 1. The Labute approximate surface area is 124 Å². The standard InChI is InChI=1S/C12H16Br2N2O2/c1-3-4-5-15-12(17)16-10-7-11(18-2)9(14)6-8(10)13/h6-7H,3-5H2,1-2H3,(H2,15,16,17). The number of urea groups is 1. The molecule has 0 saturated carbocycles. The van der Waals surface area contributed by atoms with Crippen molar-refractivity contribution in [3.63, 3.8) is 0 Å². The molecule has 2 amide bonds. The Hall–Kier alpha value is -0.750. The molecular formula is C12H16Br2N2O2. The van der Waals surface area contributed by atoms with Gasteiger partial charge in [-0.3, -0.25) is 0 Å². The molecule has 1 aromatic rings. The van der Waals surface area contributed by atoms with Crippen LogP contribution < -0.4 is 15.4 Å². The second-order valence-corrected chi connectivity index (χ2v) is 5.41. The summed E-state index contributed by atoms with van der Waals surface area (Å²) in [6, 6.07) is 3.38. The van der Waals surface area contributed by atoms with E-state index in [1.165, 1.54) is 0 Å². The summed E-state index contributed by atoms with van der Waals surface area (Å²) in [5, 5.41) is 5.56. The highest BCUT2D eigenvalue weighted by Gasteiger charge is 2.09. The van der Waals surface area contributed by atoms with E-state index in [0.29, 0.717) is 18.0 Å². The first-order valence-electron chi connectivity index (χ1n) is 5.66. The number of benzene rings is 1. The number of nitrogens with one attached hydrogen (secondary N) is 2. The van der Waals surface area contributed by atoms with Crippen molar-refractivity contribution in [2.75, 3.05) is 19.0 Å². The van der Waals surface area contributed by atoms with Gasteiger partial charge in [0.05, 0.1) is 17.3 Å². The maximum absolute atomic E-state index is 11.6. The monoisotopic (exact) mass is 378 g/mol. The van der Waals surface area contributed by atoms with Crippen molar-refractivity contribution in [2.24, 2.45) is 0 Å². The Morgan fingerprint density at radius 1 is 1.33 bits per heavy atom. The molecule has 18 heavy (non-hydrogen) atoms. The van der Waals surface area contributed by atoms with Gasteiger partial charge in [-0.25, -0.2) is 4.79 Å². The second kappa shape index (κ2) is 7.63. The first kappa shape index (κ1) is 15.3. The topological polar surface area (TPSA) is 50.4 Å².